The molecule has 1 saturated carbocycles. The molecule has 1 aliphatic rings. The highest BCUT2D eigenvalue weighted by Crippen LogP contribution is 2.35. The normalized spacial score (nSPS) is 16.5. The predicted octanol–water partition coefficient (Wildman–Crippen LogP) is 2.32. The molecule has 4 nitrogen and oxygen atoms in total. The molecule has 2 aromatic rings. The zero-order chi connectivity index (χ0) is 13.4. The van der Waals surface area contributed by atoms with Gasteiger partial charge in [0.2, 0.25) is 0 Å². The Balaban J connectivity index is 1.77. The molecule has 1 fully saturated rings. The number of para-hydroxylation sites is 1. The van der Waals surface area contributed by atoms with E-state index in [4.69, 9.17) is 11.6 Å². The second-order valence-corrected chi connectivity index (χ2v) is 5.61. The maximum absolute atomic E-state index is 12.2. The van der Waals surface area contributed by atoms with Crippen LogP contribution in [0.3, 0.4) is 0 Å². The van der Waals surface area contributed by atoms with Gasteiger partial charge in [0.05, 0.1) is 10.9 Å². The van der Waals surface area contributed by atoms with Crippen LogP contribution in [-0.2, 0) is 7.05 Å². The first-order valence-electron chi connectivity index (χ1n) is 6.51. The lowest BCUT2D eigenvalue weighted by Crippen LogP contribution is -2.31. The van der Waals surface area contributed by atoms with Crippen molar-refractivity contribution in [1.29, 1.82) is 0 Å². The van der Waals surface area contributed by atoms with Crippen molar-refractivity contribution in [2.75, 3.05) is 6.54 Å². The fourth-order valence-electron chi connectivity index (χ4n) is 2.28. The van der Waals surface area contributed by atoms with E-state index in [-0.39, 0.29) is 11.3 Å². The Morgan fingerprint density at radius 3 is 3.00 bits per heavy atom. The smallest absolute Gasteiger partial charge is 0.272 e. The summed E-state index contributed by atoms with van der Waals surface area (Å²) in [4.78, 5) is 12.2. The third-order valence-corrected chi connectivity index (χ3v) is 4.07. The molecule has 0 aliphatic heterocycles. The van der Waals surface area contributed by atoms with Gasteiger partial charge >= 0.3 is 0 Å². The summed E-state index contributed by atoms with van der Waals surface area (Å²) in [5.41, 5.74) is 1.43. The van der Waals surface area contributed by atoms with Crippen LogP contribution in [-0.4, -0.2) is 27.6 Å². The molecule has 1 amide bonds. The van der Waals surface area contributed by atoms with Gasteiger partial charge in [-0.05, 0) is 24.8 Å². The molecular formula is C14H16ClN3O. The summed E-state index contributed by atoms with van der Waals surface area (Å²) < 4.78 is 1.73. The number of hydrogen-bond acceptors (Lipinski definition) is 2. The molecule has 1 aliphatic carbocycles. The molecular weight excluding hydrogens is 262 g/mol. The van der Waals surface area contributed by atoms with E-state index in [0.717, 1.165) is 10.9 Å². The number of carbonyl (C=O) groups excluding carboxylic acids is 1. The highest BCUT2D eigenvalue weighted by Gasteiger charge is 2.30. The van der Waals surface area contributed by atoms with Gasteiger partial charge in [-0.3, -0.25) is 9.48 Å². The Bertz CT molecular complexity index is 618. The molecule has 19 heavy (non-hydrogen) atoms. The number of carbonyl (C=O) groups is 1. The zero-order valence-electron chi connectivity index (χ0n) is 10.8. The standard InChI is InChI=1S/C14H16ClN3O/c1-18-12-5-3-2-4-10(12)13(17-18)14(19)16-8-11(15)9-6-7-9/h2-5,9,11H,6-8H2,1H3,(H,16,19). The largest absolute Gasteiger partial charge is 0.349 e. The molecule has 0 spiro atoms. The summed E-state index contributed by atoms with van der Waals surface area (Å²) in [5.74, 6) is 0.422. The Hall–Kier alpha value is -1.55. The predicted molar refractivity (Wildman–Crippen MR) is 75.4 cm³/mol. The van der Waals surface area contributed by atoms with Crippen LogP contribution >= 0.6 is 11.6 Å². The van der Waals surface area contributed by atoms with Gasteiger partial charge in [0.1, 0.15) is 0 Å². The minimum Gasteiger partial charge on any atom is -0.349 e. The number of rotatable bonds is 4. The number of aromatic nitrogens is 2. The number of aryl methyl sites for hydroxylation is 1. The van der Waals surface area contributed by atoms with Crippen LogP contribution in [0.1, 0.15) is 23.3 Å². The number of nitrogens with one attached hydrogen (secondary N) is 1. The van der Waals surface area contributed by atoms with Crippen molar-refractivity contribution in [3.05, 3.63) is 30.0 Å². The molecule has 1 unspecified atom stereocenters. The van der Waals surface area contributed by atoms with E-state index < -0.39 is 0 Å². The molecule has 3 rings (SSSR count). The Kier molecular flexibility index (Phi) is 3.19. The van der Waals surface area contributed by atoms with Gasteiger partial charge in [0, 0.05) is 19.0 Å². The molecule has 1 aromatic heterocycles. The zero-order valence-corrected chi connectivity index (χ0v) is 11.5. The van der Waals surface area contributed by atoms with Crippen molar-refractivity contribution < 1.29 is 4.79 Å². The van der Waals surface area contributed by atoms with Crippen LogP contribution in [0.2, 0.25) is 0 Å². The lowest BCUT2D eigenvalue weighted by molar-refractivity contribution is 0.0949. The van der Waals surface area contributed by atoms with E-state index in [1.54, 1.807) is 4.68 Å². The molecule has 1 atom stereocenters. The minimum atomic E-state index is -0.150. The van der Waals surface area contributed by atoms with Crippen LogP contribution in [0.5, 0.6) is 0 Å². The van der Waals surface area contributed by atoms with Gasteiger partial charge < -0.3 is 5.32 Å². The number of hydrogen-bond donors (Lipinski definition) is 1. The van der Waals surface area contributed by atoms with Gasteiger partial charge in [-0.1, -0.05) is 18.2 Å². The number of benzene rings is 1. The Labute approximate surface area is 116 Å². The second kappa shape index (κ2) is 4.85. The maximum atomic E-state index is 12.2. The molecule has 1 heterocycles. The number of alkyl halides is 1. The van der Waals surface area contributed by atoms with Crippen molar-refractivity contribution in [3.63, 3.8) is 0 Å². The molecule has 5 heteroatoms. The molecule has 100 valence electrons. The lowest BCUT2D eigenvalue weighted by atomic mass is 10.2. The van der Waals surface area contributed by atoms with Crippen LogP contribution in [0.25, 0.3) is 10.9 Å². The van der Waals surface area contributed by atoms with Crippen molar-refractivity contribution >= 4 is 28.4 Å². The summed E-state index contributed by atoms with van der Waals surface area (Å²) in [6.45, 7) is 0.510. The number of halogens is 1. The van der Waals surface area contributed by atoms with E-state index in [1.165, 1.54) is 12.8 Å². The summed E-state index contributed by atoms with van der Waals surface area (Å²) in [6.07, 6.45) is 2.35. The van der Waals surface area contributed by atoms with E-state index >= 15 is 0 Å². The second-order valence-electron chi connectivity index (χ2n) is 5.05. The summed E-state index contributed by atoms with van der Waals surface area (Å²) in [7, 11) is 1.84. The monoisotopic (exact) mass is 277 g/mol. The lowest BCUT2D eigenvalue weighted by Gasteiger charge is -2.08. The van der Waals surface area contributed by atoms with Gasteiger partial charge in [0.15, 0.2) is 5.69 Å². The van der Waals surface area contributed by atoms with Gasteiger partial charge in [-0.2, -0.15) is 5.10 Å². The minimum absolute atomic E-state index is 0.0407. The SMILES string of the molecule is Cn1nc(C(=O)NCC(Cl)C2CC2)c2ccccc21. The van der Waals surface area contributed by atoms with Crippen LogP contribution in [0.4, 0.5) is 0 Å². The van der Waals surface area contributed by atoms with Crippen LogP contribution < -0.4 is 5.32 Å². The molecule has 1 aromatic carbocycles. The highest BCUT2D eigenvalue weighted by atomic mass is 35.5. The van der Waals surface area contributed by atoms with Crippen molar-refractivity contribution in [2.24, 2.45) is 13.0 Å². The molecule has 0 bridgehead atoms. The van der Waals surface area contributed by atoms with Crippen LogP contribution in [0, 0.1) is 5.92 Å². The molecule has 0 radical (unpaired) electrons. The van der Waals surface area contributed by atoms with Crippen LogP contribution in [0.15, 0.2) is 24.3 Å². The highest BCUT2D eigenvalue weighted by molar-refractivity contribution is 6.21. The first-order valence-corrected chi connectivity index (χ1v) is 6.94. The fourth-order valence-corrected chi connectivity index (χ4v) is 2.61. The van der Waals surface area contributed by atoms with E-state index in [9.17, 15) is 4.79 Å². The maximum Gasteiger partial charge on any atom is 0.272 e. The topological polar surface area (TPSA) is 46.9 Å². The average molecular weight is 278 g/mol. The Morgan fingerprint density at radius 2 is 2.26 bits per heavy atom. The fraction of sp³-hybridized carbons (Fsp3) is 0.429. The van der Waals surface area contributed by atoms with Gasteiger partial charge in [-0.15, -0.1) is 11.6 Å². The van der Waals surface area contributed by atoms with Gasteiger partial charge in [-0.25, -0.2) is 0 Å². The summed E-state index contributed by atoms with van der Waals surface area (Å²) in [5, 5.41) is 8.08. The quantitative estimate of drug-likeness (QED) is 0.872. The first kappa shape index (κ1) is 12.5. The Morgan fingerprint density at radius 1 is 1.53 bits per heavy atom. The van der Waals surface area contributed by atoms with Gasteiger partial charge in [0.25, 0.3) is 5.91 Å². The van der Waals surface area contributed by atoms with E-state index in [2.05, 4.69) is 10.4 Å². The summed E-state index contributed by atoms with van der Waals surface area (Å²) >= 11 is 6.19. The molecule has 0 saturated heterocycles. The summed E-state index contributed by atoms with van der Waals surface area (Å²) in [6, 6.07) is 7.72. The number of amides is 1. The first-order chi connectivity index (χ1) is 9.16. The van der Waals surface area contributed by atoms with E-state index in [1.807, 2.05) is 31.3 Å². The average Bonchev–Trinajstić information content (AvgIpc) is 3.21. The number of fused-ring (bicyclic) bond motifs is 1. The third-order valence-electron chi connectivity index (χ3n) is 3.56. The van der Waals surface area contributed by atoms with Crippen molar-refractivity contribution in [2.45, 2.75) is 18.2 Å². The van der Waals surface area contributed by atoms with Crippen molar-refractivity contribution in [3.8, 4) is 0 Å². The van der Waals surface area contributed by atoms with Crippen molar-refractivity contribution in [1.82, 2.24) is 15.1 Å². The molecule has 1 N–H and O–H groups in total. The van der Waals surface area contributed by atoms with E-state index in [0.29, 0.717) is 18.2 Å². The third kappa shape index (κ3) is 2.45. The number of nitrogens with zero attached hydrogens (tertiary/aromatic N) is 2.